The number of para-hydroxylation sites is 2. The third-order valence-electron chi connectivity index (χ3n) is 8.43. The van der Waals surface area contributed by atoms with Crippen LogP contribution in [0.25, 0.3) is 16.9 Å². The first-order valence-electron chi connectivity index (χ1n) is 14.6. The Morgan fingerprint density at radius 1 is 0.950 bits per heavy atom. The van der Waals surface area contributed by atoms with Gasteiger partial charge in [0.2, 0.25) is 5.95 Å². The Balaban J connectivity index is 1.21. The predicted molar refractivity (Wildman–Crippen MR) is 150 cm³/mol. The van der Waals surface area contributed by atoms with Crippen molar-refractivity contribution in [2.75, 3.05) is 56.2 Å². The number of morpholine rings is 1. The summed E-state index contributed by atoms with van der Waals surface area (Å²) in [4.78, 5) is 18.5. The van der Waals surface area contributed by atoms with Crippen LogP contribution in [0.1, 0.15) is 51.8 Å². The van der Waals surface area contributed by atoms with Crippen molar-refractivity contribution in [3.05, 3.63) is 36.2 Å². The van der Waals surface area contributed by atoms with E-state index < -0.39 is 6.43 Å². The van der Waals surface area contributed by atoms with E-state index in [1.54, 1.807) is 24.3 Å². The second-order valence-corrected chi connectivity index (χ2v) is 11.3. The molecule has 0 aliphatic carbocycles. The van der Waals surface area contributed by atoms with Gasteiger partial charge in [-0.2, -0.15) is 9.97 Å². The van der Waals surface area contributed by atoms with Crippen LogP contribution in [0.3, 0.4) is 0 Å². The first kappa shape index (κ1) is 27.3. The number of hydrogen-bond donors (Lipinski definition) is 1. The van der Waals surface area contributed by atoms with Crippen LogP contribution in [0.5, 0.6) is 0 Å². The van der Waals surface area contributed by atoms with Crippen molar-refractivity contribution < 1.29 is 18.3 Å². The summed E-state index contributed by atoms with van der Waals surface area (Å²) in [6.45, 7) is 9.82. The molecule has 0 amide bonds. The van der Waals surface area contributed by atoms with Crippen molar-refractivity contribution >= 4 is 22.8 Å². The van der Waals surface area contributed by atoms with E-state index in [2.05, 4.69) is 33.9 Å². The molecule has 1 aromatic carbocycles. The summed E-state index contributed by atoms with van der Waals surface area (Å²) in [5.41, 5.74) is 1.11. The molecule has 11 heteroatoms. The van der Waals surface area contributed by atoms with Crippen LogP contribution in [0.2, 0.25) is 0 Å². The summed E-state index contributed by atoms with van der Waals surface area (Å²) in [6, 6.07) is 9.55. The summed E-state index contributed by atoms with van der Waals surface area (Å²) < 4.78 is 41.2. The molecule has 0 unspecified atom stereocenters. The molecule has 3 aromatic rings. The van der Waals surface area contributed by atoms with Gasteiger partial charge in [0.25, 0.3) is 6.43 Å². The number of nitrogens with one attached hydrogen (secondary N) is 1. The summed E-state index contributed by atoms with van der Waals surface area (Å²) in [5, 5.41) is 3.46. The molecule has 1 N–H and O–H groups in total. The van der Waals surface area contributed by atoms with Crippen molar-refractivity contribution in [2.24, 2.45) is 5.92 Å². The van der Waals surface area contributed by atoms with Gasteiger partial charge in [0, 0.05) is 31.7 Å². The minimum Gasteiger partial charge on any atom is -0.378 e. The molecule has 0 radical (unpaired) electrons. The number of hydrogen-bond acceptors (Lipinski definition) is 8. The summed E-state index contributed by atoms with van der Waals surface area (Å²) in [7, 11) is 0. The number of piperidine rings is 1. The molecule has 0 saturated carbocycles. The Morgan fingerprint density at radius 2 is 1.65 bits per heavy atom. The van der Waals surface area contributed by atoms with E-state index in [-0.39, 0.29) is 5.82 Å². The predicted octanol–water partition coefficient (Wildman–Crippen LogP) is 4.67. The molecular weight excluding hydrogens is 516 g/mol. The van der Waals surface area contributed by atoms with E-state index >= 15 is 0 Å². The fraction of sp³-hybridized carbons (Fsp3) is 0.621. The highest BCUT2D eigenvalue weighted by molar-refractivity contribution is 5.78. The standard InChI is InChI=1S/C29H39F2N7O2/c1-19-15-22(16-20(2)40-19)36-9-7-21(8-10-36)18-32-29-34-25(37-11-13-39-14-12-37)17-26(35-29)38-24-6-4-3-5-23(24)33-28(38)27(30)31/h3-6,17,19-22,27H,7-16,18H2,1-2H3,(H,32,34,35)/t19-,20+,22-. The molecule has 40 heavy (non-hydrogen) atoms. The lowest BCUT2D eigenvalue weighted by molar-refractivity contribution is -0.0693. The van der Waals surface area contributed by atoms with Gasteiger partial charge in [0.05, 0.1) is 36.5 Å². The molecule has 3 saturated heterocycles. The highest BCUT2D eigenvalue weighted by Crippen LogP contribution is 2.30. The number of likely N-dealkylation sites (tertiary alicyclic amines) is 1. The Kier molecular flexibility index (Phi) is 8.13. The van der Waals surface area contributed by atoms with Gasteiger partial charge < -0.3 is 24.6 Å². The third kappa shape index (κ3) is 5.91. The normalized spacial score (nSPS) is 25.1. The largest absolute Gasteiger partial charge is 0.378 e. The van der Waals surface area contributed by atoms with Gasteiger partial charge in [-0.25, -0.2) is 13.8 Å². The van der Waals surface area contributed by atoms with Gasteiger partial charge in [-0.1, -0.05) is 12.1 Å². The Bertz CT molecular complexity index is 1280. The third-order valence-corrected chi connectivity index (χ3v) is 8.43. The number of anilines is 2. The van der Waals surface area contributed by atoms with Gasteiger partial charge in [-0.05, 0) is 70.7 Å². The molecule has 0 spiro atoms. The van der Waals surface area contributed by atoms with Crippen LogP contribution in [-0.2, 0) is 9.47 Å². The van der Waals surface area contributed by atoms with Crippen molar-refractivity contribution in [1.82, 2.24) is 24.4 Å². The first-order chi connectivity index (χ1) is 19.4. The van der Waals surface area contributed by atoms with Crippen LogP contribution in [0.15, 0.2) is 30.3 Å². The zero-order valence-electron chi connectivity index (χ0n) is 23.3. The molecule has 5 heterocycles. The van der Waals surface area contributed by atoms with E-state index in [0.29, 0.717) is 79.1 Å². The molecule has 3 fully saturated rings. The Morgan fingerprint density at radius 3 is 2.38 bits per heavy atom. The van der Waals surface area contributed by atoms with E-state index in [1.807, 2.05) is 6.07 Å². The molecule has 3 atom stereocenters. The fourth-order valence-corrected chi connectivity index (χ4v) is 6.43. The maximum Gasteiger partial charge on any atom is 0.296 e. The fourth-order valence-electron chi connectivity index (χ4n) is 6.43. The number of benzene rings is 1. The number of halogens is 2. The molecule has 3 aliphatic heterocycles. The number of ether oxygens (including phenoxy) is 2. The van der Waals surface area contributed by atoms with Gasteiger partial charge >= 0.3 is 0 Å². The monoisotopic (exact) mass is 555 g/mol. The lowest BCUT2D eigenvalue weighted by Gasteiger charge is -2.42. The van der Waals surface area contributed by atoms with Crippen LogP contribution in [0, 0.1) is 5.92 Å². The van der Waals surface area contributed by atoms with Crippen LogP contribution in [0.4, 0.5) is 20.5 Å². The molecule has 9 nitrogen and oxygen atoms in total. The average Bonchev–Trinajstić information content (AvgIpc) is 3.36. The summed E-state index contributed by atoms with van der Waals surface area (Å²) >= 11 is 0. The topological polar surface area (TPSA) is 80.6 Å². The van der Waals surface area contributed by atoms with Crippen molar-refractivity contribution in [3.8, 4) is 5.82 Å². The molecule has 6 rings (SSSR count). The summed E-state index contributed by atoms with van der Waals surface area (Å²) in [6.07, 6.45) is 2.30. The van der Waals surface area contributed by atoms with Gasteiger partial charge in [-0.3, -0.25) is 4.57 Å². The van der Waals surface area contributed by atoms with Crippen LogP contribution < -0.4 is 10.2 Å². The molecule has 2 aromatic heterocycles. The number of fused-ring (bicyclic) bond motifs is 1. The highest BCUT2D eigenvalue weighted by atomic mass is 19.3. The lowest BCUT2D eigenvalue weighted by Crippen LogP contribution is -2.48. The zero-order valence-corrected chi connectivity index (χ0v) is 23.3. The average molecular weight is 556 g/mol. The first-order valence-corrected chi connectivity index (χ1v) is 14.6. The smallest absolute Gasteiger partial charge is 0.296 e. The highest BCUT2D eigenvalue weighted by Gasteiger charge is 2.31. The number of rotatable bonds is 7. The number of nitrogens with zero attached hydrogens (tertiary/aromatic N) is 6. The zero-order chi connectivity index (χ0) is 27.6. The maximum atomic E-state index is 14.1. The quantitative estimate of drug-likeness (QED) is 0.451. The van der Waals surface area contributed by atoms with Crippen LogP contribution in [-0.4, -0.2) is 88.6 Å². The second-order valence-electron chi connectivity index (χ2n) is 11.3. The van der Waals surface area contributed by atoms with Crippen molar-refractivity contribution in [2.45, 2.75) is 64.2 Å². The van der Waals surface area contributed by atoms with Crippen LogP contribution >= 0.6 is 0 Å². The Labute approximate surface area is 233 Å². The summed E-state index contributed by atoms with van der Waals surface area (Å²) in [5.74, 6) is 1.72. The molecule has 3 aliphatic rings. The van der Waals surface area contributed by atoms with E-state index in [4.69, 9.17) is 19.4 Å². The van der Waals surface area contributed by atoms with Gasteiger partial charge in [0.1, 0.15) is 11.6 Å². The maximum absolute atomic E-state index is 14.1. The van der Waals surface area contributed by atoms with Crippen molar-refractivity contribution in [1.29, 1.82) is 0 Å². The minimum absolute atomic E-state index is 0.316. The molecule has 0 bridgehead atoms. The lowest BCUT2D eigenvalue weighted by atomic mass is 9.92. The van der Waals surface area contributed by atoms with E-state index in [0.717, 1.165) is 45.3 Å². The van der Waals surface area contributed by atoms with E-state index in [1.165, 1.54) is 4.57 Å². The number of alkyl halides is 2. The minimum atomic E-state index is -2.74. The van der Waals surface area contributed by atoms with Gasteiger partial charge in [-0.15, -0.1) is 0 Å². The van der Waals surface area contributed by atoms with Gasteiger partial charge in [0.15, 0.2) is 5.82 Å². The number of aromatic nitrogens is 4. The molecular formula is C29H39F2N7O2. The van der Waals surface area contributed by atoms with Crippen molar-refractivity contribution in [3.63, 3.8) is 0 Å². The molecule has 216 valence electrons. The van der Waals surface area contributed by atoms with E-state index in [9.17, 15) is 8.78 Å². The number of imidazole rings is 1. The SMILES string of the molecule is C[C@@H]1C[C@@H](N2CCC(CNc3nc(N4CCOCC4)cc(-n4c(C(F)F)nc5ccccc54)n3)CC2)C[C@H](C)O1. The second kappa shape index (κ2) is 11.9. The Hall–Kier alpha value is -2.89.